The van der Waals surface area contributed by atoms with Crippen molar-refractivity contribution in [2.75, 3.05) is 18.0 Å². The van der Waals surface area contributed by atoms with Gasteiger partial charge in [-0.05, 0) is 62.3 Å². The second-order valence-electron chi connectivity index (χ2n) is 11.4. The Labute approximate surface area is 253 Å². The molecule has 0 spiro atoms. The zero-order chi connectivity index (χ0) is 27.5. The highest BCUT2D eigenvalue weighted by Gasteiger charge is 2.33. The standard InChI is InChI=1S/C29H31F3N6O2.2ClH/c1-15(16-6-8-37(9-7-16)29-35-28(36-40-29)17-2-3-17)39-18-4-5-26-25(10-18)34-27-12-20(24(33)14-38(26)27)19-11-22(31)23(32)13-21(19)30;;/h4-5,10-11,13,15-17,20,24H,2-3,6-9,12,14,33H2,1H3;2*1H/t15-,20+,24-;;/m0../s1. The Morgan fingerprint density at radius 3 is 2.45 bits per heavy atom. The molecule has 2 aliphatic heterocycles. The molecule has 8 nitrogen and oxygen atoms in total. The molecule has 2 aromatic heterocycles. The van der Waals surface area contributed by atoms with Crippen molar-refractivity contribution >= 4 is 41.9 Å². The van der Waals surface area contributed by atoms with E-state index in [1.165, 1.54) is 0 Å². The summed E-state index contributed by atoms with van der Waals surface area (Å²) in [7, 11) is 0. The number of hydrogen-bond donors (Lipinski definition) is 1. The van der Waals surface area contributed by atoms with Gasteiger partial charge in [-0.1, -0.05) is 5.16 Å². The maximum absolute atomic E-state index is 14.5. The molecule has 13 heteroatoms. The maximum Gasteiger partial charge on any atom is 0.324 e. The Bertz CT molecular complexity index is 1570. The summed E-state index contributed by atoms with van der Waals surface area (Å²) in [5, 5.41) is 4.13. The highest BCUT2D eigenvalue weighted by Crippen LogP contribution is 2.39. The number of imidazole rings is 1. The molecular weight excluding hydrogens is 592 g/mol. The van der Waals surface area contributed by atoms with Gasteiger partial charge in [0.05, 0.1) is 17.1 Å². The number of ether oxygens (including phenoxy) is 1. The Balaban J connectivity index is 0.00000176. The topological polar surface area (TPSA) is 95.2 Å². The number of piperidine rings is 1. The van der Waals surface area contributed by atoms with Crippen LogP contribution in [-0.2, 0) is 13.0 Å². The Hall–Kier alpha value is -3.02. The molecule has 3 atom stereocenters. The predicted octanol–water partition coefficient (Wildman–Crippen LogP) is 5.91. The number of aromatic nitrogens is 4. The lowest BCUT2D eigenvalue weighted by molar-refractivity contribution is 0.132. The number of fused-ring (bicyclic) bond motifs is 3. The quantitative estimate of drug-likeness (QED) is 0.267. The SMILES string of the molecule is C[C@H](Oc1ccc2c(c1)nc1n2C[C@H](N)[C@@H](c2cc(F)c(F)cc2F)C1)C1CCN(c2nc(C3CC3)no2)CC1.Cl.Cl. The van der Waals surface area contributed by atoms with Gasteiger partial charge in [-0.25, -0.2) is 18.2 Å². The van der Waals surface area contributed by atoms with Gasteiger partial charge >= 0.3 is 6.01 Å². The number of nitrogens with two attached hydrogens (primary N) is 1. The van der Waals surface area contributed by atoms with Crippen molar-refractivity contribution in [2.45, 2.75) is 69.6 Å². The third-order valence-corrected chi connectivity index (χ3v) is 8.72. The minimum atomic E-state index is -1.21. The van der Waals surface area contributed by atoms with Crippen LogP contribution in [0.2, 0.25) is 0 Å². The molecule has 0 bridgehead atoms. The highest BCUT2D eigenvalue weighted by atomic mass is 35.5. The van der Waals surface area contributed by atoms with E-state index in [1.807, 2.05) is 22.8 Å². The summed E-state index contributed by atoms with van der Waals surface area (Å²) in [6, 6.07) is 7.47. The Kier molecular flexibility index (Phi) is 8.65. The number of halogens is 5. The van der Waals surface area contributed by atoms with Crippen LogP contribution in [0.15, 0.2) is 34.9 Å². The van der Waals surface area contributed by atoms with E-state index >= 15 is 0 Å². The summed E-state index contributed by atoms with van der Waals surface area (Å²) in [4.78, 5) is 11.5. The van der Waals surface area contributed by atoms with E-state index < -0.39 is 29.4 Å². The first kappa shape index (κ1) is 30.4. The summed E-state index contributed by atoms with van der Waals surface area (Å²) >= 11 is 0. The first-order chi connectivity index (χ1) is 19.3. The molecule has 0 amide bonds. The van der Waals surface area contributed by atoms with E-state index in [0.717, 1.165) is 73.3 Å². The Morgan fingerprint density at radius 1 is 0.976 bits per heavy atom. The summed E-state index contributed by atoms with van der Waals surface area (Å²) in [6.07, 6.45) is 4.55. The lowest BCUT2D eigenvalue weighted by Crippen LogP contribution is -2.39. The number of benzene rings is 2. The molecule has 1 aliphatic carbocycles. The van der Waals surface area contributed by atoms with Crippen LogP contribution in [0.25, 0.3) is 11.0 Å². The van der Waals surface area contributed by atoms with E-state index in [1.54, 1.807) is 0 Å². The summed E-state index contributed by atoms with van der Waals surface area (Å²) < 4.78 is 55.8. The molecule has 2 fully saturated rings. The van der Waals surface area contributed by atoms with Crippen LogP contribution in [0.5, 0.6) is 5.75 Å². The average molecular weight is 626 g/mol. The van der Waals surface area contributed by atoms with Crippen molar-refractivity contribution in [1.82, 2.24) is 19.7 Å². The van der Waals surface area contributed by atoms with E-state index in [0.29, 0.717) is 36.9 Å². The minimum absolute atomic E-state index is 0. The molecular formula is C29H33Cl2F3N6O2. The fourth-order valence-electron chi connectivity index (χ4n) is 6.17. The van der Waals surface area contributed by atoms with Crippen LogP contribution >= 0.6 is 24.8 Å². The molecule has 0 unspecified atom stereocenters. The van der Waals surface area contributed by atoms with Gasteiger partial charge in [0, 0.05) is 56.1 Å². The second kappa shape index (κ2) is 11.9. The zero-order valence-corrected chi connectivity index (χ0v) is 24.6. The first-order valence-corrected chi connectivity index (χ1v) is 14.0. The van der Waals surface area contributed by atoms with Crippen LogP contribution in [-0.4, -0.2) is 44.9 Å². The molecule has 0 radical (unpaired) electrons. The van der Waals surface area contributed by atoms with E-state index in [4.69, 9.17) is 20.0 Å². The van der Waals surface area contributed by atoms with Crippen molar-refractivity contribution in [3.8, 4) is 5.75 Å². The van der Waals surface area contributed by atoms with E-state index in [9.17, 15) is 13.2 Å². The fraction of sp³-hybridized carbons (Fsp3) is 0.483. The smallest absolute Gasteiger partial charge is 0.324 e. The molecule has 7 rings (SSSR count). The van der Waals surface area contributed by atoms with Gasteiger partial charge in [0.15, 0.2) is 17.5 Å². The molecule has 1 saturated carbocycles. The fourth-order valence-corrected chi connectivity index (χ4v) is 6.17. The molecule has 226 valence electrons. The maximum atomic E-state index is 14.5. The van der Waals surface area contributed by atoms with E-state index in [-0.39, 0.29) is 36.5 Å². The molecule has 4 heterocycles. The first-order valence-electron chi connectivity index (χ1n) is 14.0. The van der Waals surface area contributed by atoms with Gasteiger partial charge in [0.1, 0.15) is 17.4 Å². The molecule has 42 heavy (non-hydrogen) atoms. The second-order valence-corrected chi connectivity index (χ2v) is 11.4. The minimum Gasteiger partial charge on any atom is -0.490 e. The third kappa shape index (κ3) is 5.66. The number of rotatable bonds is 6. The average Bonchev–Trinajstić information content (AvgIpc) is 3.57. The van der Waals surface area contributed by atoms with E-state index in [2.05, 4.69) is 22.0 Å². The lowest BCUT2D eigenvalue weighted by atomic mass is 9.86. The monoisotopic (exact) mass is 624 g/mol. The van der Waals surface area contributed by atoms with Gasteiger partial charge in [-0.2, -0.15) is 4.98 Å². The van der Waals surface area contributed by atoms with Crippen molar-refractivity contribution in [1.29, 1.82) is 0 Å². The van der Waals surface area contributed by atoms with Crippen LogP contribution in [0, 0.1) is 23.4 Å². The van der Waals surface area contributed by atoms with Gasteiger partial charge in [-0.15, -0.1) is 24.8 Å². The van der Waals surface area contributed by atoms with Crippen molar-refractivity contribution in [3.63, 3.8) is 0 Å². The molecule has 3 aliphatic rings. The molecule has 1 saturated heterocycles. The summed E-state index contributed by atoms with van der Waals surface area (Å²) in [5.41, 5.74) is 8.15. The third-order valence-electron chi connectivity index (χ3n) is 8.72. The number of anilines is 1. The van der Waals surface area contributed by atoms with Gasteiger partial charge < -0.3 is 24.5 Å². The highest BCUT2D eigenvalue weighted by molar-refractivity contribution is 5.85. The number of nitrogens with zero attached hydrogens (tertiary/aromatic N) is 5. The zero-order valence-electron chi connectivity index (χ0n) is 23.0. The van der Waals surface area contributed by atoms with Crippen LogP contribution in [0.1, 0.15) is 61.7 Å². The van der Waals surface area contributed by atoms with Crippen LogP contribution in [0.4, 0.5) is 19.2 Å². The predicted molar refractivity (Wildman–Crippen MR) is 156 cm³/mol. The molecule has 2 aromatic carbocycles. The molecule has 2 N–H and O–H groups in total. The van der Waals surface area contributed by atoms with Crippen molar-refractivity contribution in [3.05, 3.63) is 65.0 Å². The lowest BCUT2D eigenvalue weighted by Gasteiger charge is -2.33. The summed E-state index contributed by atoms with van der Waals surface area (Å²) in [6.45, 7) is 4.18. The van der Waals surface area contributed by atoms with Crippen LogP contribution < -0.4 is 15.4 Å². The normalized spacial score (nSPS) is 21.4. The van der Waals surface area contributed by atoms with Crippen molar-refractivity contribution in [2.24, 2.45) is 11.7 Å². The molecule has 4 aromatic rings. The Morgan fingerprint density at radius 2 is 1.71 bits per heavy atom. The van der Waals surface area contributed by atoms with Gasteiger partial charge in [-0.3, -0.25) is 0 Å². The largest absolute Gasteiger partial charge is 0.490 e. The van der Waals surface area contributed by atoms with Gasteiger partial charge in [0.2, 0.25) is 0 Å². The van der Waals surface area contributed by atoms with Crippen LogP contribution in [0.3, 0.4) is 0 Å². The van der Waals surface area contributed by atoms with Gasteiger partial charge in [0.25, 0.3) is 0 Å². The summed E-state index contributed by atoms with van der Waals surface area (Å²) in [5.74, 6) is -0.432. The van der Waals surface area contributed by atoms with Crippen molar-refractivity contribution < 1.29 is 22.4 Å². The number of hydrogen-bond acceptors (Lipinski definition) is 7.